The van der Waals surface area contributed by atoms with Gasteiger partial charge in [-0.1, -0.05) is 12.1 Å². The summed E-state index contributed by atoms with van der Waals surface area (Å²) in [7, 11) is 1.84. The van der Waals surface area contributed by atoms with Crippen LogP contribution in [0.15, 0.2) is 36.8 Å². The SMILES string of the molecule is C[C@H](Nc1ncnc2c1cnn2C)c1ccc(F)cc1. The van der Waals surface area contributed by atoms with Crippen molar-refractivity contribution < 1.29 is 4.39 Å². The first-order valence-corrected chi connectivity index (χ1v) is 6.30. The largest absolute Gasteiger partial charge is 0.363 e. The number of nitrogens with zero attached hydrogens (tertiary/aromatic N) is 4. The van der Waals surface area contributed by atoms with Crippen LogP contribution in [-0.4, -0.2) is 19.7 Å². The van der Waals surface area contributed by atoms with Gasteiger partial charge in [-0.25, -0.2) is 14.4 Å². The lowest BCUT2D eigenvalue weighted by molar-refractivity contribution is 0.626. The van der Waals surface area contributed by atoms with Gasteiger partial charge in [-0.05, 0) is 24.6 Å². The molecule has 1 atom stereocenters. The zero-order chi connectivity index (χ0) is 14.1. The van der Waals surface area contributed by atoms with Crippen LogP contribution in [0.3, 0.4) is 0 Å². The van der Waals surface area contributed by atoms with E-state index in [9.17, 15) is 4.39 Å². The Balaban J connectivity index is 1.91. The van der Waals surface area contributed by atoms with Crippen molar-refractivity contribution in [1.82, 2.24) is 19.7 Å². The molecule has 0 radical (unpaired) electrons. The Morgan fingerprint density at radius 2 is 1.95 bits per heavy atom. The molecule has 0 amide bonds. The summed E-state index contributed by atoms with van der Waals surface area (Å²) in [5.74, 6) is 0.484. The molecule has 0 bridgehead atoms. The predicted octanol–water partition coefficient (Wildman–Crippen LogP) is 2.68. The Morgan fingerprint density at radius 1 is 1.20 bits per heavy atom. The molecular formula is C14H14FN5. The second-order valence-electron chi connectivity index (χ2n) is 4.65. The molecule has 102 valence electrons. The molecule has 5 nitrogen and oxygen atoms in total. The molecule has 0 saturated carbocycles. The van der Waals surface area contributed by atoms with Crippen LogP contribution < -0.4 is 5.32 Å². The number of nitrogens with one attached hydrogen (secondary N) is 1. The second kappa shape index (κ2) is 4.88. The third-order valence-corrected chi connectivity index (χ3v) is 3.25. The summed E-state index contributed by atoms with van der Waals surface area (Å²) in [6, 6.07) is 6.43. The topological polar surface area (TPSA) is 55.6 Å². The van der Waals surface area contributed by atoms with E-state index in [4.69, 9.17) is 0 Å². The van der Waals surface area contributed by atoms with E-state index >= 15 is 0 Å². The molecule has 6 heteroatoms. The molecule has 20 heavy (non-hydrogen) atoms. The molecule has 0 saturated heterocycles. The van der Waals surface area contributed by atoms with E-state index in [0.717, 1.165) is 22.4 Å². The third-order valence-electron chi connectivity index (χ3n) is 3.25. The fourth-order valence-corrected chi connectivity index (χ4v) is 2.12. The Bertz CT molecular complexity index is 735. The highest BCUT2D eigenvalue weighted by Crippen LogP contribution is 2.23. The van der Waals surface area contributed by atoms with Crippen LogP contribution in [0.1, 0.15) is 18.5 Å². The van der Waals surface area contributed by atoms with Gasteiger partial charge in [0.1, 0.15) is 18.0 Å². The van der Waals surface area contributed by atoms with Gasteiger partial charge in [-0.3, -0.25) is 4.68 Å². The standard InChI is InChI=1S/C14H14FN5/c1-9(10-3-5-11(15)6-4-10)19-13-12-7-18-20(2)14(12)17-8-16-13/h3-9H,1-2H3,(H,16,17,19)/t9-/m0/s1. The number of rotatable bonds is 3. The van der Waals surface area contributed by atoms with Crippen molar-refractivity contribution in [2.45, 2.75) is 13.0 Å². The van der Waals surface area contributed by atoms with E-state index in [0.29, 0.717) is 0 Å². The van der Waals surface area contributed by atoms with Gasteiger partial charge in [0.2, 0.25) is 0 Å². The quantitative estimate of drug-likeness (QED) is 0.795. The molecular weight excluding hydrogens is 257 g/mol. The molecule has 0 aliphatic heterocycles. The van der Waals surface area contributed by atoms with Crippen molar-refractivity contribution in [3.8, 4) is 0 Å². The summed E-state index contributed by atoms with van der Waals surface area (Å²) >= 11 is 0. The molecule has 0 aliphatic rings. The van der Waals surface area contributed by atoms with E-state index in [2.05, 4.69) is 20.4 Å². The second-order valence-corrected chi connectivity index (χ2v) is 4.65. The van der Waals surface area contributed by atoms with Gasteiger partial charge < -0.3 is 5.32 Å². The molecule has 3 rings (SSSR count). The molecule has 0 fully saturated rings. The van der Waals surface area contributed by atoms with Crippen molar-refractivity contribution in [2.24, 2.45) is 7.05 Å². The smallest absolute Gasteiger partial charge is 0.163 e. The zero-order valence-electron chi connectivity index (χ0n) is 11.2. The first-order chi connectivity index (χ1) is 9.65. The maximum absolute atomic E-state index is 12.9. The number of anilines is 1. The van der Waals surface area contributed by atoms with Crippen LogP contribution in [0, 0.1) is 5.82 Å². The fraction of sp³-hybridized carbons (Fsp3) is 0.214. The Hall–Kier alpha value is -2.50. The van der Waals surface area contributed by atoms with E-state index in [1.807, 2.05) is 14.0 Å². The molecule has 2 heterocycles. The number of hydrogen-bond donors (Lipinski definition) is 1. The van der Waals surface area contributed by atoms with E-state index in [1.54, 1.807) is 23.0 Å². The van der Waals surface area contributed by atoms with Crippen molar-refractivity contribution in [3.63, 3.8) is 0 Å². The monoisotopic (exact) mass is 271 g/mol. The highest BCUT2D eigenvalue weighted by molar-refractivity contribution is 5.86. The zero-order valence-corrected chi connectivity index (χ0v) is 11.2. The van der Waals surface area contributed by atoms with Crippen LogP contribution >= 0.6 is 0 Å². The molecule has 0 unspecified atom stereocenters. The Labute approximate surface area is 115 Å². The minimum Gasteiger partial charge on any atom is -0.363 e. The van der Waals surface area contributed by atoms with Crippen LogP contribution in [0.2, 0.25) is 0 Å². The maximum Gasteiger partial charge on any atom is 0.163 e. The first kappa shape index (κ1) is 12.5. The number of aryl methyl sites for hydroxylation is 1. The Morgan fingerprint density at radius 3 is 2.70 bits per heavy atom. The molecule has 3 aromatic rings. The van der Waals surface area contributed by atoms with E-state index in [-0.39, 0.29) is 11.9 Å². The van der Waals surface area contributed by atoms with Crippen LogP contribution in [-0.2, 0) is 7.05 Å². The number of hydrogen-bond acceptors (Lipinski definition) is 4. The van der Waals surface area contributed by atoms with E-state index in [1.165, 1.54) is 18.5 Å². The van der Waals surface area contributed by atoms with Crippen LogP contribution in [0.5, 0.6) is 0 Å². The average Bonchev–Trinajstić information content (AvgIpc) is 2.82. The summed E-state index contributed by atoms with van der Waals surface area (Å²) in [5, 5.41) is 8.34. The molecule has 0 spiro atoms. The van der Waals surface area contributed by atoms with E-state index < -0.39 is 0 Å². The number of benzene rings is 1. The normalized spacial score (nSPS) is 12.6. The van der Waals surface area contributed by atoms with Gasteiger partial charge in [0, 0.05) is 13.1 Å². The molecule has 0 aliphatic carbocycles. The lowest BCUT2D eigenvalue weighted by Crippen LogP contribution is -2.08. The highest BCUT2D eigenvalue weighted by atomic mass is 19.1. The summed E-state index contributed by atoms with van der Waals surface area (Å²) in [6.07, 6.45) is 3.23. The van der Waals surface area contributed by atoms with Gasteiger partial charge in [-0.2, -0.15) is 5.10 Å². The minimum atomic E-state index is -0.238. The van der Waals surface area contributed by atoms with Crippen molar-refractivity contribution in [2.75, 3.05) is 5.32 Å². The average molecular weight is 271 g/mol. The van der Waals surface area contributed by atoms with Crippen LogP contribution in [0.4, 0.5) is 10.2 Å². The summed E-state index contributed by atoms with van der Waals surface area (Å²) in [5.41, 5.74) is 1.76. The summed E-state index contributed by atoms with van der Waals surface area (Å²) in [6.45, 7) is 2.00. The van der Waals surface area contributed by atoms with Gasteiger partial charge >= 0.3 is 0 Å². The van der Waals surface area contributed by atoms with Gasteiger partial charge in [-0.15, -0.1) is 0 Å². The first-order valence-electron chi connectivity index (χ1n) is 6.30. The lowest BCUT2D eigenvalue weighted by Gasteiger charge is -2.15. The number of aromatic nitrogens is 4. The molecule has 1 aromatic carbocycles. The van der Waals surface area contributed by atoms with Crippen molar-refractivity contribution >= 4 is 16.9 Å². The number of halogens is 1. The summed E-state index contributed by atoms with van der Waals surface area (Å²) in [4.78, 5) is 8.45. The van der Waals surface area contributed by atoms with Gasteiger partial charge in [0.05, 0.1) is 11.6 Å². The lowest BCUT2D eigenvalue weighted by atomic mass is 10.1. The molecule has 2 aromatic heterocycles. The van der Waals surface area contributed by atoms with Crippen molar-refractivity contribution in [1.29, 1.82) is 0 Å². The fourth-order valence-electron chi connectivity index (χ4n) is 2.12. The number of fused-ring (bicyclic) bond motifs is 1. The maximum atomic E-state index is 12.9. The third kappa shape index (κ3) is 2.20. The highest BCUT2D eigenvalue weighted by Gasteiger charge is 2.11. The molecule has 1 N–H and O–H groups in total. The predicted molar refractivity (Wildman–Crippen MR) is 74.7 cm³/mol. The Kier molecular flexibility index (Phi) is 3.06. The van der Waals surface area contributed by atoms with Crippen LogP contribution in [0.25, 0.3) is 11.0 Å². The minimum absolute atomic E-state index is 0.00825. The summed E-state index contributed by atoms with van der Waals surface area (Å²) < 4.78 is 14.6. The van der Waals surface area contributed by atoms with Gasteiger partial charge in [0.15, 0.2) is 5.65 Å². The van der Waals surface area contributed by atoms with Gasteiger partial charge in [0.25, 0.3) is 0 Å². The van der Waals surface area contributed by atoms with Crippen molar-refractivity contribution in [3.05, 3.63) is 48.2 Å².